The highest BCUT2D eigenvalue weighted by molar-refractivity contribution is 7.84. The first-order valence-corrected chi connectivity index (χ1v) is 10.4. The fraction of sp³-hybridized carbons (Fsp3) is 0.158. The van der Waals surface area contributed by atoms with Gasteiger partial charge in [-0.05, 0) is 36.8 Å². The third-order valence-corrected chi connectivity index (χ3v) is 5.72. The summed E-state index contributed by atoms with van der Waals surface area (Å²) in [5.74, 6) is -1.24. The van der Waals surface area contributed by atoms with Crippen molar-refractivity contribution in [3.63, 3.8) is 0 Å². The molecule has 0 aliphatic heterocycles. The molecule has 1 N–H and O–H groups in total. The van der Waals surface area contributed by atoms with Gasteiger partial charge < -0.3 is 5.32 Å². The standard InChI is InChI=1S/C19H17FN2O2S2/c1-3-18-22-17(11-25-18)12-4-6-13(7-5-12)21-19(23)15-9-8-14(26(2)24)10-16(15)20/h4-11H,3H2,1-2H3,(H,21,23). The average Bonchev–Trinajstić information content (AvgIpc) is 3.11. The third kappa shape index (κ3) is 4.05. The van der Waals surface area contributed by atoms with E-state index in [2.05, 4.69) is 17.2 Å². The molecule has 0 spiro atoms. The van der Waals surface area contributed by atoms with Crippen molar-refractivity contribution in [2.75, 3.05) is 11.6 Å². The average molecular weight is 388 g/mol. The molecule has 4 nitrogen and oxygen atoms in total. The molecule has 1 unspecified atom stereocenters. The summed E-state index contributed by atoms with van der Waals surface area (Å²) in [6, 6.07) is 11.2. The number of hydrogen-bond donors (Lipinski definition) is 1. The zero-order valence-electron chi connectivity index (χ0n) is 14.3. The number of rotatable bonds is 5. The van der Waals surface area contributed by atoms with Crippen molar-refractivity contribution in [3.8, 4) is 11.3 Å². The van der Waals surface area contributed by atoms with E-state index in [0.29, 0.717) is 10.6 Å². The number of nitrogens with one attached hydrogen (secondary N) is 1. The van der Waals surface area contributed by atoms with E-state index in [-0.39, 0.29) is 5.56 Å². The Kier molecular flexibility index (Phi) is 5.58. The van der Waals surface area contributed by atoms with Crippen molar-refractivity contribution < 1.29 is 13.4 Å². The zero-order valence-corrected chi connectivity index (χ0v) is 15.9. The highest BCUT2D eigenvalue weighted by atomic mass is 32.2. The van der Waals surface area contributed by atoms with E-state index in [1.807, 2.05) is 17.5 Å². The van der Waals surface area contributed by atoms with Crippen molar-refractivity contribution in [3.05, 3.63) is 64.2 Å². The van der Waals surface area contributed by atoms with Gasteiger partial charge in [0.2, 0.25) is 0 Å². The molecular weight excluding hydrogens is 371 g/mol. The van der Waals surface area contributed by atoms with Gasteiger partial charge in [0.15, 0.2) is 0 Å². The number of nitrogens with zero attached hydrogens (tertiary/aromatic N) is 1. The highest BCUT2D eigenvalue weighted by Gasteiger charge is 2.14. The molecule has 0 radical (unpaired) electrons. The summed E-state index contributed by atoms with van der Waals surface area (Å²) in [6.07, 6.45) is 2.36. The SMILES string of the molecule is CCc1nc(-c2ccc(NC(=O)c3ccc(S(C)=O)cc3F)cc2)cs1. The van der Waals surface area contributed by atoms with Crippen LogP contribution in [0.15, 0.2) is 52.7 Å². The number of benzene rings is 2. The molecule has 2 aromatic carbocycles. The second-order valence-corrected chi connectivity index (χ2v) is 7.93. The Labute approximate surface area is 157 Å². The normalized spacial score (nSPS) is 12.0. The van der Waals surface area contributed by atoms with Crippen molar-refractivity contribution in [2.24, 2.45) is 0 Å². The minimum Gasteiger partial charge on any atom is -0.322 e. The van der Waals surface area contributed by atoms with E-state index in [0.717, 1.165) is 28.8 Å². The third-order valence-electron chi connectivity index (χ3n) is 3.81. The number of thiazole rings is 1. The molecule has 0 aliphatic rings. The van der Waals surface area contributed by atoms with Crippen LogP contribution in [0.1, 0.15) is 22.3 Å². The highest BCUT2D eigenvalue weighted by Crippen LogP contribution is 2.24. The number of amides is 1. The van der Waals surface area contributed by atoms with Crippen LogP contribution in [-0.4, -0.2) is 21.4 Å². The van der Waals surface area contributed by atoms with Gasteiger partial charge in [-0.15, -0.1) is 11.3 Å². The maximum absolute atomic E-state index is 14.1. The zero-order chi connectivity index (χ0) is 18.7. The van der Waals surface area contributed by atoms with Crippen LogP contribution in [0, 0.1) is 5.82 Å². The fourth-order valence-corrected chi connectivity index (χ4v) is 3.67. The van der Waals surface area contributed by atoms with Crippen LogP contribution in [0.4, 0.5) is 10.1 Å². The van der Waals surface area contributed by atoms with Crippen LogP contribution in [0.3, 0.4) is 0 Å². The van der Waals surface area contributed by atoms with Gasteiger partial charge in [-0.25, -0.2) is 9.37 Å². The van der Waals surface area contributed by atoms with Crippen LogP contribution < -0.4 is 5.32 Å². The van der Waals surface area contributed by atoms with Gasteiger partial charge in [-0.3, -0.25) is 9.00 Å². The Balaban J connectivity index is 1.74. The maximum atomic E-state index is 14.1. The number of halogens is 1. The molecule has 0 aliphatic carbocycles. The molecule has 26 heavy (non-hydrogen) atoms. The van der Waals surface area contributed by atoms with Crippen molar-refractivity contribution in [1.29, 1.82) is 0 Å². The summed E-state index contributed by atoms with van der Waals surface area (Å²) >= 11 is 1.62. The summed E-state index contributed by atoms with van der Waals surface area (Å²) in [5.41, 5.74) is 2.33. The van der Waals surface area contributed by atoms with E-state index in [1.54, 1.807) is 23.5 Å². The van der Waals surface area contributed by atoms with Gasteiger partial charge >= 0.3 is 0 Å². The molecule has 3 rings (SSSR count). The first-order chi connectivity index (χ1) is 12.5. The Hall–Kier alpha value is -2.38. The molecule has 0 saturated heterocycles. The Morgan fingerprint density at radius 2 is 1.96 bits per heavy atom. The summed E-state index contributed by atoms with van der Waals surface area (Å²) in [5, 5.41) is 5.74. The van der Waals surface area contributed by atoms with Crippen LogP contribution in [0.5, 0.6) is 0 Å². The number of aromatic nitrogens is 1. The molecule has 0 fully saturated rings. The smallest absolute Gasteiger partial charge is 0.258 e. The van der Waals surface area contributed by atoms with Crippen LogP contribution in [0.25, 0.3) is 11.3 Å². The van der Waals surface area contributed by atoms with Gasteiger partial charge in [0.1, 0.15) is 5.82 Å². The second-order valence-electron chi connectivity index (χ2n) is 5.61. The largest absolute Gasteiger partial charge is 0.322 e. The van der Waals surface area contributed by atoms with Crippen molar-refractivity contribution >= 4 is 33.7 Å². The molecular formula is C19H17FN2O2S2. The van der Waals surface area contributed by atoms with Gasteiger partial charge in [-0.1, -0.05) is 19.1 Å². The Morgan fingerprint density at radius 3 is 2.54 bits per heavy atom. The van der Waals surface area contributed by atoms with E-state index in [1.165, 1.54) is 18.4 Å². The van der Waals surface area contributed by atoms with Gasteiger partial charge in [0.05, 0.1) is 16.3 Å². The number of anilines is 1. The number of aryl methyl sites for hydroxylation is 1. The van der Waals surface area contributed by atoms with E-state index in [9.17, 15) is 13.4 Å². The number of carbonyl (C=O) groups is 1. The van der Waals surface area contributed by atoms with Crippen LogP contribution in [-0.2, 0) is 17.2 Å². The summed E-state index contributed by atoms with van der Waals surface area (Å²) in [4.78, 5) is 17.1. The lowest BCUT2D eigenvalue weighted by Crippen LogP contribution is -2.14. The molecule has 1 heterocycles. The maximum Gasteiger partial charge on any atom is 0.258 e. The molecule has 1 aromatic heterocycles. The Bertz CT molecular complexity index is 968. The van der Waals surface area contributed by atoms with Gasteiger partial charge in [0.25, 0.3) is 5.91 Å². The summed E-state index contributed by atoms with van der Waals surface area (Å²) in [7, 11) is -1.30. The fourth-order valence-electron chi connectivity index (χ4n) is 2.39. The quantitative estimate of drug-likeness (QED) is 0.700. The monoisotopic (exact) mass is 388 g/mol. The topological polar surface area (TPSA) is 59.1 Å². The lowest BCUT2D eigenvalue weighted by Gasteiger charge is -2.08. The Morgan fingerprint density at radius 1 is 1.23 bits per heavy atom. The van der Waals surface area contributed by atoms with Crippen LogP contribution in [0.2, 0.25) is 0 Å². The van der Waals surface area contributed by atoms with Crippen molar-refractivity contribution in [2.45, 2.75) is 18.2 Å². The molecule has 1 atom stereocenters. The molecule has 0 saturated carbocycles. The van der Waals surface area contributed by atoms with Gasteiger partial charge in [-0.2, -0.15) is 0 Å². The van der Waals surface area contributed by atoms with Crippen LogP contribution >= 0.6 is 11.3 Å². The van der Waals surface area contributed by atoms with E-state index in [4.69, 9.17) is 0 Å². The minimum absolute atomic E-state index is 0.0876. The van der Waals surface area contributed by atoms with E-state index < -0.39 is 22.5 Å². The number of hydrogen-bond acceptors (Lipinski definition) is 4. The first kappa shape index (κ1) is 18.4. The lowest BCUT2D eigenvalue weighted by molar-refractivity contribution is 0.102. The molecule has 1 amide bonds. The van der Waals surface area contributed by atoms with Crippen molar-refractivity contribution in [1.82, 2.24) is 4.98 Å². The lowest BCUT2D eigenvalue weighted by atomic mass is 10.1. The van der Waals surface area contributed by atoms with E-state index >= 15 is 0 Å². The molecule has 7 heteroatoms. The summed E-state index contributed by atoms with van der Waals surface area (Å²) < 4.78 is 25.5. The molecule has 3 aromatic rings. The predicted molar refractivity (Wildman–Crippen MR) is 104 cm³/mol. The molecule has 0 bridgehead atoms. The van der Waals surface area contributed by atoms with Gasteiger partial charge in [0, 0.05) is 38.6 Å². The predicted octanol–water partition coefficient (Wildman–Crippen LogP) is 4.50. The first-order valence-electron chi connectivity index (χ1n) is 7.97. The second kappa shape index (κ2) is 7.88. The number of carbonyl (C=O) groups excluding carboxylic acids is 1. The minimum atomic E-state index is -1.30. The summed E-state index contributed by atoms with van der Waals surface area (Å²) in [6.45, 7) is 2.06. The molecule has 134 valence electrons.